The number of unbranched alkanes of at least 4 members (excludes halogenated alkanes) is 3. The number of hydrogen-bond acceptors (Lipinski definition) is 12. The van der Waals surface area contributed by atoms with Gasteiger partial charge in [0, 0.05) is 6.61 Å². The zero-order valence-electron chi connectivity index (χ0n) is 24.4. The summed E-state index contributed by atoms with van der Waals surface area (Å²) in [6.07, 6.45) is 4.89. The van der Waals surface area contributed by atoms with Gasteiger partial charge in [-0.3, -0.25) is 0 Å². The van der Waals surface area contributed by atoms with Crippen LogP contribution in [0.4, 0.5) is 0 Å². The highest BCUT2D eigenvalue weighted by atomic mass is 16.6. The maximum absolute atomic E-state index is 10.8. The molecule has 0 aromatic heterocycles. The van der Waals surface area contributed by atoms with Crippen LogP contribution in [0.1, 0.15) is 32.6 Å². The predicted molar refractivity (Wildman–Crippen MR) is 144 cm³/mol. The quantitative estimate of drug-likeness (QED) is 0.0830. The number of carbonyl (C=O) groups excluding carboxylic acids is 1. The molecule has 0 spiro atoms. The van der Waals surface area contributed by atoms with Crippen LogP contribution < -0.4 is 0 Å². The minimum atomic E-state index is -0.404. The molecule has 0 aliphatic heterocycles. The van der Waals surface area contributed by atoms with Crippen molar-refractivity contribution in [2.24, 2.45) is 0 Å². The van der Waals surface area contributed by atoms with E-state index in [1.54, 1.807) is 0 Å². The smallest absolute Gasteiger partial charge is 0.331 e. The molecule has 0 aromatic rings. The van der Waals surface area contributed by atoms with Gasteiger partial charge in [-0.1, -0.05) is 26.2 Å². The minimum absolute atomic E-state index is 0.0657. The molecule has 0 saturated carbocycles. The molecular weight excluding hydrogens is 516 g/mol. The summed E-state index contributed by atoms with van der Waals surface area (Å²) in [6.45, 7) is 12.1. The Morgan fingerprint density at radius 3 is 0.949 bits per heavy atom. The fraction of sp³-hybridized carbons (Fsp3) is 0.963. The lowest BCUT2D eigenvalue weighted by atomic mass is 10.2. The second kappa shape index (κ2) is 35.1. The van der Waals surface area contributed by atoms with E-state index in [0.29, 0.717) is 119 Å². The molecule has 0 rings (SSSR count). The molecule has 0 radical (unpaired) electrons. The normalized spacial score (nSPS) is 11.3. The molecule has 0 amide bonds. The highest BCUT2D eigenvalue weighted by molar-refractivity contribution is 5.70. The van der Waals surface area contributed by atoms with Crippen LogP contribution in [0.15, 0.2) is 0 Å². The Morgan fingerprint density at radius 1 is 0.385 bits per heavy atom. The van der Waals surface area contributed by atoms with E-state index in [1.807, 2.05) is 0 Å². The largest absolute Gasteiger partial charge is 0.467 e. The Morgan fingerprint density at radius 2 is 0.667 bits per heavy atom. The van der Waals surface area contributed by atoms with Crippen molar-refractivity contribution in [1.29, 1.82) is 0 Å². The third-order valence-corrected chi connectivity index (χ3v) is 4.94. The van der Waals surface area contributed by atoms with Gasteiger partial charge in [0.2, 0.25) is 0 Å². The van der Waals surface area contributed by atoms with E-state index in [0.717, 1.165) is 13.0 Å². The summed E-state index contributed by atoms with van der Waals surface area (Å²) in [5.74, 6) is -0.404. The SMILES string of the molecule is CCCCCCOCCOCCOCCOCCOCCOCCOCCOCCOCCOCC(=O)OC. The second-order valence-corrected chi connectivity index (χ2v) is 8.20. The molecule has 12 nitrogen and oxygen atoms in total. The van der Waals surface area contributed by atoms with Gasteiger partial charge < -0.3 is 52.1 Å². The van der Waals surface area contributed by atoms with E-state index < -0.39 is 5.97 Å². The lowest BCUT2D eigenvalue weighted by Crippen LogP contribution is -2.16. The molecular formula is C27H54O12. The molecule has 0 aliphatic carbocycles. The third kappa shape index (κ3) is 35.0. The number of rotatable bonds is 34. The van der Waals surface area contributed by atoms with Crippen molar-refractivity contribution in [1.82, 2.24) is 0 Å². The highest BCUT2D eigenvalue weighted by Gasteiger charge is 1.99. The molecule has 0 fully saturated rings. The van der Waals surface area contributed by atoms with Crippen LogP contribution in [-0.2, 0) is 56.9 Å². The van der Waals surface area contributed by atoms with E-state index in [2.05, 4.69) is 11.7 Å². The first-order valence-electron chi connectivity index (χ1n) is 14.2. The third-order valence-electron chi connectivity index (χ3n) is 4.94. The van der Waals surface area contributed by atoms with Crippen LogP contribution in [0.3, 0.4) is 0 Å². The van der Waals surface area contributed by atoms with E-state index >= 15 is 0 Å². The van der Waals surface area contributed by atoms with Gasteiger partial charge in [-0.2, -0.15) is 0 Å². The number of methoxy groups -OCH3 is 1. The standard InChI is InChI=1S/C27H54O12/c1-3-4-5-6-7-30-8-9-31-10-11-32-12-13-33-14-15-34-16-17-35-18-19-36-20-21-37-22-23-38-24-25-39-26-27(28)29-2/h3-26H2,1-2H3. The van der Waals surface area contributed by atoms with Gasteiger partial charge in [0.25, 0.3) is 0 Å². The number of esters is 1. The van der Waals surface area contributed by atoms with Crippen molar-refractivity contribution in [3.05, 3.63) is 0 Å². The first kappa shape index (κ1) is 38.1. The van der Waals surface area contributed by atoms with E-state index in [-0.39, 0.29) is 6.61 Å². The molecule has 0 aromatic carbocycles. The lowest BCUT2D eigenvalue weighted by molar-refractivity contribution is -0.146. The van der Waals surface area contributed by atoms with E-state index in [9.17, 15) is 4.79 Å². The number of hydrogen-bond donors (Lipinski definition) is 0. The average Bonchev–Trinajstić information content (AvgIpc) is 2.95. The fourth-order valence-electron chi connectivity index (χ4n) is 2.82. The summed E-state index contributed by atoms with van der Waals surface area (Å²) >= 11 is 0. The zero-order valence-corrected chi connectivity index (χ0v) is 24.4. The summed E-state index contributed by atoms with van der Waals surface area (Å²) in [5.41, 5.74) is 0. The fourth-order valence-corrected chi connectivity index (χ4v) is 2.82. The highest BCUT2D eigenvalue weighted by Crippen LogP contribution is 1.98. The summed E-state index contributed by atoms with van der Waals surface area (Å²) in [4.78, 5) is 10.8. The molecule has 0 atom stereocenters. The molecule has 0 aliphatic rings. The van der Waals surface area contributed by atoms with Crippen LogP contribution in [0.25, 0.3) is 0 Å². The molecule has 39 heavy (non-hydrogen) atoms. The lowest BCUT2D eigenvalue weighted by Gasteiger charge is -2.09. The van der Waals surface area contributed by atoms with Crippen LogP contribution in [0.2, 0.25) is 0 Å². The Balaban J connectivity index is 3.03. The topological polar surface area (TPSA) is 119 Å². The van der Waals surface area contributed by atoms with Gasteiger partial charge in [0.15, 0.2) is 0 Å². The number of carbonyl (C=O) groups is 1. The summed E-state index contributed by atoms with van der Waals surface area (Å²) < 4.78 is 58.5. The van der Waals surface area contributed by atoms with Gasteiger partial charge >= 0.3 is 5.97 Å². The zero-order chi connectivity index (χ0) is 28.3. The van der Waals surface area contributed by atoms with Gasteiger partial charge in [0.1, 0.15) is 6.61 Å². The monoisotopic (exact) mass is 570 g/mol. The second-order valence-electron chi connectivity index (χ2n) is 8.20. The summed E-state index contributed by atoms with van der Waals surface area (Å²) in [6, 6.07) is 0. The first-order valence-corrected chi connectivity index (χ1v) is 14.2. The molecule has 234 valence electrons. The van der Waals surface area contributed by atoms with Crippen molar-refractivity contribution in [3.8, 4) is 0 Å². The maximum Gasteiger partial charge on any atom is 0.331 e. The Hall–Kier alpha value is -0.930. The van der Waals surface area contributed by atoms with Crippen molar-refractivity contribution >= 4 is 5.97 Å². The molecule has 0 N–H and O–H groups in total. The van der Waals surface area contributed by atoms with Crippen molar-refractivity contribution in [2.75, 3.05) is 139 Å². The molecule has 0 heterocycles. The van der Waals surface area contributed by atoms with Gasteiger partial charge in [-0.05, 0) is 6.42 Å². The van der Waals surface area contributed by atoms with Crippen molar-refractivity contribution in [2.45, 2.75) is 32.6 Å². The average molecular weight is 571 g/mol. The van der Waals surface area contributed by atoms with Crippen LogP contribution >= 0.6 is 0 Å². The Labute approximate surface area is 235 Å². The van der Waals surface area contributed by atoms with Gasteiger partial charge in [-0.25, -0.2) is 4.79 Å². The molecule has 0 bridgehead atoms. The summed E-state index contributed by atoms with van der Waals surface area (Å²) in [7, 11) is 1.32. The Kier molecular flexibility index (Phi) is 34.3. The molecule has 12 heteroatoms. The maximum atomic E-state index is 10.8. The minimum Gasteiger partial charge on any atom is -0.467 e. The van der Waals surface area contributed by atoms with Crippen LogP contribution in [-0.4, -0.2) is 145 Å². The molecule has 0 saturated heterocycles. The predicted octanol–water partition coefficient (Wildman–Crippen LogP) is 1.91. The molecule has 0 unspecified atom stereocenters. The van der Waals surface area contributed by atoms with Gasteiger partial charge in [0.05, 0.1) is 126 Å². The van der Waals surface area contributed by atoms with Crippen LogP contribution in [0.5, 0.6) is 0 Å². The van der Waals surface area contributed by atoms with E-state index in [4.69, 9.17) is 47.4 Å². The van der Waals surface area contributed by atoms with E-state index in [1.165, 1.54) is 26.4 Å². The van der Waals surface area contributed by atoms with Gasteiger partial charge in [-0.15, -0.1) is 0 Å². The Bertz CT molecular complexity index is 470. The number of ether oxygens (including phenoxy) is 11. The van der Waals surface area contributed by atoms with Crippen molar-refractivity contribution < 1.29 is 56.9 Å². The van der Waals surface area contributed by atoms with Crippen LogP contribution in [0, 0.1) is 0 Å². The van der Waals surface area contributed by atoms with Crippen molar-refractivity contribution in [3.63, 3.8) is 0 Å². The summed E-state index contributed by atoms with van der Waals surface area (Å²) in [5, 5.41) is 0. The first-order chi connectivity index (χ1) is 19.3.